The Hall–Kier alpha value is -1.10. The van der Waals surface area contributed by atoms with Crippen LogP contribution in [0.15, 0.2) is 24.3 Å². The topological polar surface area (TPSA) is 50.7 Å². The van der Waals surface area contributed by atoms with Crippen molar-refractivity contribution in [2.24, 2.45) is 5.92 Å². The highest BCUT2D eigenvalue weighted by molar-refractivity contribution is 5.28. The highest BCUT2D eigenvalue weighted by Crippen LogP contribution is 2.14. The Bertz CT molecular complexity index is 355. The van der Waals surface area contributed by atoms with E-state index in [1.807, 2.05) is 24.3 Å². The van der Waals surface area contributed by atoms with Crippen LogP contribution in [0.4, 0.5) is 0 Å². The fourth-order valence-electron chi connectivity index (χ4n) is 1.68. The monoisotopic (exact) mass is 267 g/mol. The van der Waals surface area contributed by atoms with E-state index in [0.717, 1.165) is 17.9 Å². The number of methoxy groups -OCH3 is 1. The lowest BCUT2D eigenvalue weighted by Gasteiger charge is -2.14. The van der Waals surface area contributed by atoms with Crippen LogP contribution in [-0.4, -0.2) is 38.0 Å². The minimum absolute atomic E-state index is 0.293. The van der Waals surface area contributed by atoms with Crippen molar-refractivity contribution in [1.29, 1.82) is 0 Å². The minimum atomic E-state index is -0.496. The van der Waals surface area contributed by atoms with E-state index in [-0.39, 0.29) is 0 Å². The average Bonchev–Trinajstić information content (AvgIpc) is 2.37. The van der Waals surface area contributed by atoms with Crippen molar-refractivity contribution in [2.45, 2.75) is 26.6 Å². The fourth-order valence-corrected chi connectivity index (χ4v) is 1.68. The molecule has 1 rings (SSSR count). The van der Waals surface area contributed by atoms with Crippen LogP contribution in [0.1, 0.15) is 19.4 Å². The molecule has 0 spiro atoms. The molecule has 0 heterocycles. The van der Waals surface area contributed by atoms with Gasteiger partial charge in [0.1, 0.15) is 18.5 Å². The van der Waals surface area contributed by atoms with E-state index in [1.165, 1.54) is 0 Å². The summed E-state index contributed by atoms with van der Waals surface area (Å²) in [5, 5.41) is 13.0. The van der Waals surface area contributed by atoms with E-state index >= 15 is 0 Å². The van der Waals surface area contributed by atoms with Gasteiger partial charge in [0.15, 0.2) is 0 Å². The zero-order valence-electron chi connectivity index (χ0n) is 12.1. The number of aliphatic hydroxyl groups excluding tert-OH is 1. The number of aliphatic hydroxyl groups is 1. The highest BCUT2D eigenvalue weighted by atomic mass is 16.5. The summed E-state index contributed by atoms with van der Waals surface area (Å²) in [7, 11) is 1.66. The summed E-state index contributed by atoms with van der Waals surface area (Å²) < 4.78 is 10.6. The lowest BCUT2D eigenvalue weighted by Crippen LogP contribution is -2.33. The molecule has 4 nitrogen and oxygen atoms in total. The summed E-state index contributed by atoms with van der Waals surface area (Å²) in [5.41, 5.74) is 1.06. The van der Waals surface area contributed by atoms with Gasteiger partial charge in [-0.1, -0.05) is 26.0 Å². The van der Waals surface area contributed by atoms with Crippen LogP contribution in [0.25, 0.3) is 0 Å². The Morgan fingerprint density at radius 2 is 2.05 bits per heavy atom. The van der Waals surface area contributed by atoms with Crippen molar-refractivity contribution in [3.05, 3.63) is 29.8 Å². The lowest BCUT2D eigenvalue weighted by atomic mass is 10.2. The molecule has 0 aliphatic heterocycles. The Morgan fingerprint density at radius 3 is 2.74 bits per heavy atom. The molecule has 0 saturated carbocycles. The number of ether oxygens (including phenoxy) is 2. The first kappa shape index (κ1) is 16.0. The predicted octanol–water partition coefficient (Wildman–Crippen LogP) is 1.82. The van der Waals surface area contributed by atoms with Gasteiger partial charge in [-0.2, -0.15) is 0 Å². The van der Waals surface area contributed by atoms with Crippen LogP contribution in [0, 0.1) is 5.92 Å². The summed E-state index contributed by atoms with van der Waals surface area (Å²) in [5.74, 6) is 1.34. The highest BCUT2D eigenvalue weighted by Gasteiger charge is 2.05. The average molecular weight is 267 g/mol. The van der Waals surface area contributed by atoms with Crippen LogP contribution in [0.5, 0.6) is 5.75 Å². The normalized spacial score (nSPS) is 12.7. The van der Waals surface area contributed by atoms with E-state index in [1.54, 1.807) is 7.11 Å². The van der Waals surface area contributed by atoms with Gasteiger partial charge in [0, 0.05) is 13.7 Å². The standard InChI is InChI=1S/C15H25NO3/c1-12(2)8-16-9-14(17)11-19-15-6-4-5-13(7-15)10-18-3/h4-7,12,14,16-17H,8-11H2,1-3H3. The number of hydrogen-bond acceptors (Lipinski definition) is 4. The summed E-state index contributed by atoms with van der Waals surface area (Å²) >= 11 is 0. The largest absolute Gasteiger partial charge is 0.491 e. The number of benzene rings is 1. The van der Waals surface area contributed by atoms with Crippen molar-refractivity contribution >= 4 is 0 Å². The molecule has 1 aromatic rings. The molecule has 0 radical (unpaired) electrons. The van der Waals surface area contributed by atoms with E-state index in [0.29, 0.717) is 25.7 Å². The predicted molar refractivity (Wildman–Crippen MR) is 76.4 cm³/mol. The Morgan fingerprint density at radius 1 is 1.26 bits per heavy atom. The number of nitrogens with one attached hydrogen (secondary N) is 1. The first-order valence-electron chi connectivity index (χ1n) is 6.71. The maximum Gasteiger partial charge on any atom is 0.119 e. The second-order valence-electron chi connectivity index (χ2n) is 5.10. The molecule has 0 bridgehead atoms. The SMILES string of the molecule is COCc1cccc(OCC(O)CNCC(C)C)c1. The molecule has 0 aliphatic rings. The maximum atomic E-state index is 9.78. The first-order valence-corrected chi connectivity index (χ1v) is 6.71. The summed E-state index contributed by atoms with van der Waals surface area (Å²) in [6, 6.07) is 7.72. The van der Waals surface area contributed by atoms with Crippen LogP contribution < -0.4 is 10.1 Å². The van der Waals surface area contributed by atoms with Crippen molar-refractivity contribution in [3.8, 4) is 5.75 Å². The van der Waals surface area contributed by atoms with Gasteiger partial charge >= 0.3 is 0 Å². The lowest BCUT2D eigenvalue weighted by molar-refractivity contribution is 0.105. The molecule has 19 heavy (non-hydrogen) atoms. The minimum Gasteiger partial charge on any atom is -0.491 e. The molecule has 1 atom stereocenters. The molecule has 1 unspecified atom stereocenters. The third kappa shape index (κ3) is 7.15. The Labute approximate surface area is 115 Å². The van der Waals surface area contributed by atoms with Crippen molar-refractivity contribution in [1.82, 2.24) is 5.32 Å². The van der Waals surface area contributed by atoms with Crippen molar-refractivity contribution in [2.75, 3.05) is 26.8 Å². The van der Waals surface area contributed by atoms with Crippen LogP contribution in [0.2, 0.25) is 0 Å². The summed E-state index contributed by atoms with van der Waals surface area (Å²) in [6.45, 7) is 6.59. The van der Waals surface area contributed by atoms with Gasteiger partial charge in [0.2, 0.25) is 0 Å². The quantitative estimate of drug-likeness (QED) is 0.716. The molecule has 2 N–H and O–H groups in total. The first-order chi connectivity index (χ1) is 9.11. The zero-order chi connectivity index (χ0) is 14.1. The van der Waals surface area contributed by atoms with Crippen molar-refractivity contribution < 1.29 is 14.6 Å². The second kappa shape index (κ2) is 8.91. The van der Waals surface area contributed by atoms with Gasteiger partial charge in [-0.3, -0.25) is 0 Å². The molecular formula is C15H25NO3. The van der Waals surface area contributed by atoms with Gasteiger partial charge in [-0.25, -0.2) is 0 Å². The molecular weight excluding hydrogens is 242 g/mol. The summed E-state index contributed by atoms with van der Waals surface area (Å²) in [4.78, 5) is 0. The molecule has 0 amide bonds. The van der Waals surface area contributed by atoms with Crippen LogP contribution in [0.3, 0.4) is 0 Å². The van der Waals surface area contributed by atoms with Gasteiger partial charge in [0.25, 0.3) is 0 Å². The van der Waals surface area contributed by atoms with Crippen LogP contribution >= 0.6 is 0 Å². The zero-order valence-corrected chi connectivity index (χ0v) is 12.1. The van der Waals surface area contributed by atoms with E-state index in [4.69, 9.17) is 9.47 Å². The fraction of sp³-hybridized carbons (Fsp3) is 0.600. The Kier molecular flexibility index (Phi) is 7.48. The molecule has 0 saturated heterocycles. The molecule has 1 aromatic carbocycles. The molecule has 0 aliphatic carbocycles. The molecule has 0 aromatic heterocycles. The molecule has 4 heteroatoms. The van der Waals surface area contributed by atoms with E-state index in [9.17, 15) is 5.11 Å². The molecule has 108 valence electrons. The van der Waals surface area contributed by atoms with Gasteiger partial charge in [0.05, 0.1) is 6.61 Å². The smallest absolute Gasteiger partial charge is 0.119 e. The third-order valence-electron chi connectivity index (χ3n) is 2.58. The Balaban J connectivity index is 2.29. The van der Waals surface area contributed by atoms with Crippen LogP contribution in [-0.2, 0) is 11.3 Å². The van der Waals surface area contributed by atoms with E-state index in [2.05, 4.69) is 19.2 Å². The number of rotatable bonds is 9. The van der Waals surface area contributed by atoms with Gasteiger partial charge in [-0.15, -0.1) is 0 Å². The summed E-state index contributed by atoms with van der Waals surface area (Å²) in [6.07, 6.45) is -0.496. The van der Waals surface area contributed by atoms with Gasteiger partial charge in [-0.05, 0) is 30.2 Å². The number of hydrogen-bond donors (Lipinski definition) is 2. The van der Waals surface area contributed by atoms with E-state index < -0.39 is 6.10 Å². The maximum absolute atomic E-state index is 9.78. The van der Waals surface area contributed by atoms with Crippen molar-refractivity contribution in [3.63, 3.8) is 0 Å². The third-order valence-corrected chi connectivity index (χ3v) is 2.58. The van der Waals surface area contributed by atoms with Gasteiger partial charge < -0.3 is 19.9 Å². The molecule has 0 fully saturated rings. The second-order valence-corrected chi connectivity index (χ2v) is 5.10.